The molecule has 2 aromatic rings. The number of pyridine rings is 1. The Balaban J connectivity index is 1.45. The fourth-order valence-corrected chi connectivity index (χ4v) is 8.42. The van der Waals surface area contributed by atoms with Crippen LogP contribution in [-0.4, -0.2) is 90.7 Å². The van der Waals surface area contributed by atoms with E-state index in [1.807, 2.05) is 32.0 Å². The predicted octanol–water partition coefficient (Wildman–Crippen LogP) is 4.53. The van der Waals surface area contributed by atoms with Crippen molar-refractivity contribution in [3.63, 3.8) is 0 Å². The molecule has 3 fully saturated rings. The van der Waals surface area contributed by atoms with Crippen LogP contribution in [-0.2, 0) is 33.6 Å². The molecule has 4 amide bonds. The number of benzene rings is 1. The molecule has 2 saturated carbocycles. The number of methoxy groups -OCH3 is 1. The lowest BCUT2D eigenvalue weighted by atomic mass is 9.85. The Morgan fingerprint density at radius 2 is 1.76 bits per heavy atom. The average molecular weight is 774 g/mol. The summed E-state index contributed by atoms with van der Waals surface area (Å²) in [4.78, 5) is 61.7. The molecule has 5 atom stereocenters. The van der Waals surface area contributed by atoms with Gasteiger partial charge in [0.15, 0.2) is 0 Å². The number of carbonyl (C=O) groups excluding carboxylic acids is 4. The summed E-state index contributed by atoms with van der Waals surface area (Å²) >= 11 is 0. The van der Waals surface area contributed by atoms with E-state index in [0.29, 0.717) is 42.7 Å². The van der Waals surface area contributed by atoms with Crippen molar-refractivity contribution in [3.8, 4) is 11.6 Å². The normalized spacial score (nSPS) is 24.4. The van der Waals surface area contributed by atoms with E-state index in [4.69, 9.17) is 18.4 Å². The monoisotopic (exact) mass is 773 g/mol. The number of amides is 4. The second-order valence-corrected chi connectivity index (χ2v) is 18.3. The van der Waals surface area contributed by atoms with Gasteiger partial charge in [0, 0.05) is 18.0 Å². The van der Waals surface area contributed by atoms with Crippen LogP contribution in [0, 0.1) is 11.3 Å². The fourth-order valence-electron chi connectivity index (χ4n) is 7.21. The summed E-state index contributed by atoms with van der Waals surface area (Å²) in [6.07, 6.45) is 2.58. The second kappa shape index (κ2) is 15.2. The Bertz CT molecular complexity index is 1870. The Labute approximate surface area is 317 Å². The quantitative estimate of drug-likeness (QED) is 0.275. The van der Waals surface area contributed by atoms with Crippen LogP contribution in [0.2, 0.25) is 0 Å². The minimum atomic E-state index is -4.48. The molecule has 54 heavy (non-hydrogen) atoms. The van der Waals surface area contributed by atoms with E-state index in [1.165, 1.54) is 4.90 Å². The molecular formula is C38H55N5O10S. The highest BCUT2D eigenvalue weighted by molar-refractivity contribution is 7.85. The van der Waals surface area contributed by atoms with Gasteiger partial charge in [0.1, 0.15) is 35.1 Å². The predicted molar refractivity (Wildman–Crippen MR) is 200 cm³/mol. The highest BCUT2D eigenvalue weighted by Crippen LogP contribution is 2.44. The second-order valence-electron chi connectivity index (χ2n) is 17.1. The van der Waals surface area contributed by atoms with Crippen molar-refractivity contribution in [2.24, 2.45) is 11.3 Å². The van der Waals surface area contributed by atoms with Gasteiger partial charge in [-0.15, -0.1) is 0 Å². The van der Waals surface area contributed by atoms with Crippen molar-refractivity contribution in [3.05, 3.63) is 30.5 Å². The van der Waals surface area contributed by atoms with E-state index < -0.39 is 74.5 Å². The number of alkyl carbamates (subject to hydrolysis) is 1. The first-order valence-electron chi connectivity index (χ1n) is 18.6. The number of hydrogen-bond donors (Lipinski definition) is 3. The number of hydrogen-bond acceptors (Lipinski definition) is 11. The van der Waals surface area contributed by atoms with Gasteiger partial charge in [0.2, 0.25) is 17.7 Å². The molecule has 0 radical (unpaired) electrons. The van der Waals surface area contributed by atoms with Gasteiger partial charge in [0.05, 0.1) is 19.3 Å². The van der Waals surface area contributed by atoms with Gasteiger partial charge < -0.3 is 29.7 Å². The lowest BCUT2D eigenvalue weighted by Crippen LogP contribution is -2.63. The Hall–Kier alpha value is -4.18. The lowest BCUT2D eigenvalue weighted by Gasteiger charge is -2.36. The van der Waals surface area contributed by atoms with Gasteiger partial charge in [-0.3, -0.25) is 14.4 Å². The molecule has 1 aromatic carbocycles. The highest BCUT2D eigenvalue weighted by atomic mass is 32.2. The Kier molecular flexibility index (Phi) is 11.5. The zero-order valence-corrected chi connectivity index (χ0v) is 33.6. The number of nitrogens with one attached hydrogen (secondary N) is 3. The number of aromatic nitrogens is 1. The van der Waals surface area contributed by atoms with Gasteiger partial charge in [-0.25, -0.2) is 18.7 Å². The topological polar surface area (TPSA) is 192 Å². The maximum atomic E-state index is 14.6. The third-order valence-electron chi connectivity index (χ3n) is 10.3. The van der Waals surface area contributed by atoms with E-state index in [1.54, 1.807) is 60.9 Å². The molecule has 2 aliphatic carbocycles. The van der Waals surface area contributed by atoms with Crippen molar-refractivity contribution < 1.29 is 46.0 Å². The van der Waals surface area contributed by atoms with Crippen molar-refractivity contribution in [1.29, 1.82) is 0 Å². The summed E-state index contributed by atoms with van der Waals surface area (Å²) in [5, 5.41) is 7.09. The summed E-state index contributed by atoms with van der Waals surface area (Å²) in [5.74, 6) is -1.19. The molecule has 2 heterocycles. The van der Waals surface area contributed by atoms with Crippen LogP contribution in [0.1, 0.15) is 100 Å². The molecule has 2 unspecified atom stereocenters. The molecule has 16 heteroatoms. The average Bonchev–Trinajstić information content (AvgIpc) is 3.52. The maximum Gasteiger partial charge on any atom is 0.408 e. The summed E-state index contributed by atoms with van der Waals surface area (Å²) in [5.41, 5.74) is -4.06. The third-order valence-corrected chi connectivity index (χ3v) is 11.4. The molecule has 3 aliphatic rings. The van der Waals surface area contributed by atoms with Crippen LogP contribution in [0.3, 0.4) is 0 Å². The summed E-state index contributed by atoms with van der Waals surface area (Å²) in [6, 6.07) is 4.96. The SMILES string of the molecule is CCC1(OS(=O)(=O)NC(=O)[C@@]2(NC(=O)[C@@H]3CC(Oc4nccc5cc(OC)ccc45)CN3C(=O)[C@@H](NC(=O)OC(C)(C)C)C(C)(C)C)CCC(C)C2)CC1. The number of fused-ring (bicyclic) bond motifs is 1. The highest BCUT2D eigenvalue weighted by Gasteiger charge is 2.52. The van der Waals surface area contributed by atoms with Crippen LogP contribution < -0.4 is 24.8 Å². The van der Waals surface area contributed by atoms with Crippen LogP contribution in [0.5, 0.6) is 11.6 Å². The van der Waals surface area contributed by atoms with Crippen LogP contribution in [0.15, 0.2) is 30.5 Å². The molecule has 0 spiro atoms. The van der Waals surface area contributed by atoms with Crippen molar-refractivity contribution >= 4 is 44.9 Å². The van der Waals surface area contributed by atoms with Gasteiger partial charge in [-0.1, -0.05) is 34.6 Å². The summed E-state index contributed by atoms with van der Waals surface area (Å²) in [7, 11) is -2.91. The van der Waals surface area contributed by atoms with Crippen LogP contribution >= 0.6 is 0 Å². The fraction of sp³-hybridized carbons (Fsp3) is 0.658. The molecule has 3 N–H and O–H groups in total. The van der Waals surface area contributed by atoms with Crippen molar-refractivity contribution in [2.75, 3.05) is 13.7 Å². The molecule has 1 aromatic heterocycles. The molecule has 1 aliphatic heterocycles. The van der Waals surface area contributed by atoms with E-state index in [9.17, 15) is 27.6 Å². The zero-order valence-electron chi connectivity index (χ0n) is 32.7. The van der Waals surface area contributed by atoms with E-state index >= 15 is 0 Å². The maximum absolute atomic E-state index is 14.6. The van der Waals surface area contributed by atoms with Crippen LogP contribution in [0.4, 0.5) is 4.79 Å². The standard InChI is InChI=1S/C38H55N5O10S/c1-10-37(16-17-37)53-54(48,49)42-33(46)38(15-13-23(2)21-38)41-30(44)28-20-26(51-31-27-12-11-25(50-9)19-24(27)14-18-39-31)22-43(28)32(45)29(35(3,4)5)40-34(47)52-36(6,7)8/h11-12,14,18-19,23,26,28-29H,10,13,15-17,20-22H2,1-9H3,(H,40,47)(H,41,44)(H,42,46)/t23?,26?,28-,29+,38+/m0/s1. The van der Waals surface area contributed by atoms with Crippen molar-refractivity contribution in [1.82, 2.24) is 25.2 Å². The van der Waals surface area contributed by atoms with Crippen molar-refractivity contribution in [2.45, 2.75) is 135 Å². The first kappa shape index (κ1) is 41.0. The number of rotatable bonds is 12. The number of likely N-dealkylation sites (tertiary alicyclic amines) is 1. The Morgan fingerprint density at radius 1 is 1.06 bits per heavy atom. The van der Waals surface area contributed by atoms with Gasteiger partial charge >= 0.3 is 16.4 Å². The third kappa shape index (κ3) is 9.54. The minimum Gasteiger partial charge on any atom is -0.497 e. The summed E-state index contributed by atoms with van der Waals surface area (Å²) < 4.78 is 50.7. The van der Waals surface area contributed by atoms with Crippen LogP contribution in [0.25, 0.3) is 10.8 Å². The van der Waals surface area contributed by atoms with Gasteiger partial charge in [0.25, 0.3) is 5.91 Å². The molecule has 0 bridgehead atoms. The van der Waals surface area contributed by atoms with Gasteiger partial charge in [-0.05, 0) is 100 Å². The largest absolute Gasteiger partial charge is 0.497 e. The summed E-state index contributed by atoms with van der Waals surface area (Å²) in [6.45, 7) is 14.2. The number of nitrogens with zero attached hydrogens (tertiary/aromatic N) is 2. The van der Waals surface area contributed by atoms with E-state index in [-0.39, 0.29) is 31.7 Å². The Morgan fingerprint density at radius 3 is 2.33 bits per heavy atom. The molecule has 15 nitrogen and oxygen atoms in total. The molecule has 298 valence electrons. The first-order chi connectivity index (χ1) is 25.1. The molecule has 1 saturated heterocycles. The molecule has 5 rings (SSSR count). The smallest absolute Gasteiger partial charge is 0.408 e. The molecular weight excluding hydrogens is 719 g/mol. The minimum absolute atomic E-state index is 0.0122. The van der Waals surface area contributed by atoms with E-state index in [0.717, 1.165) is 5.39 Å². The number of ether oxygens (including phenoxy) is 3. The lowest BCUT2D eigenvalue weighted by molar-refractivity contribution is -0.143. The van der Waals surface area contributed by atoms with Gasteiger partial charge in [-0.2, -0.15) is 8.42 Å². The first-order valence-corrected chi connectivity index (χ1v) is 20.0. The number of carbonyl (C=O) groups is 4. The van der Waals surface area contributed by atoms with E-state index in [2.05, 4.69) is 20.3 Å². The zero-order chi connectivity index (χ0) is 39.9.